The highest BCUT2D eigenvalue weighted by atomic mass is 35.5. The van der Waals surface area contributed by atoms with Crippen molar-refractivity contribution in [3.05, 3.63) is 67.3 Å². The zero-order valence-corrected chi connectivity index (χ0v) is 22.9. The molecule has 0 bridgehead atoms. The Balaban J connectivity index is 2.01. The van der Waals surface area contributed by atoms with Crippen molar-refractivity contribution in [2.45, 2.75) is 13.0 Å². The van der Waals surface area contributed by atoms with Gasteiger partial charge < -0.3 is 24.1 Å². The highest BCUT2D eigenvalue weighted by Crippen LogP contribution is 2.49. The summed E-state index contributed by atoms with van der Waals surface area (Å²) in [5.41, 5.74) is 1.13. The van der Waals surface area contributed by atoms with E-state index in [1.165, 1.54) is 50.7 Å². The molecule has 1 atom stereocenters. The van der Waals surface area contributed by atoms with Gasteiger partial charge in [0.1, 0.15) is 16.8 Å². The number of carbonyl (C=O) groups excluding carboxylic acids is 2. The van der Waals surface area contributed by atoms with Gasteiger partial charge in [-0.2, -0.15) is 0 Å². The summed E-state index contributed by atoms with van der Waals surface area (Å²) in [5.74, 6) is -1.17. The van der Waals surface area contributed by atoms with Gasteiger partial charge in [-0.15, -0.1) is 11.3 Å². The molecule has 8 nitrogen and oxygen atoms in total. The number of ether oxygens (including phenoxy) is 4. The molecule has 1 saturated heterocycles. The lowest BCUT2D eigenvalue weighted by Gasteiger charge is -2.26. The van der Waals surface area contributed by atoms with Gasteiger partial charge in [0.25, 0.3) is 11.7 Å². The second kappa shape index (κ2) is 10.5. The summed E-state index contributed by atoms with van der Waals surface area (Å²) in [5, 5.41) is 13.5. The molecular weight excluding hydrogens is 541 g/mol. The number of aryl methyl sites for hydroxylation is 1. The molecule has 194 valence electrons. The van der Waals surface area contributed by atoms with Crippen LogP contribution in [0.15, 0.2) is 41.3 Å². The number of carbonyl (C=O) groups is 2. The van der Waals surface area contributed by atoms with Crippen molar-refractivity contribution in [3.8, 4) is 23.0 Å². The van der Waals surface area contributed by atoms with Crippen LogP contribution in [0.25, 0.3) is 5.76 Å². The first-order valence-electron chi connectivity index (χ1n) is 10.9. The molecule has 0 aliphatic carbocycles. The summed E-state index contributed by atoms with van der Waals surface area (Å²) in [6.45, 7) is 1.86. The number of methoxy groups -OCH3 is 4. The van der Waals surface area contributed by atoms with E-state index in [0.717, 1.165) is 5.56 Å². The minimum absolute atomic E-state index is 0.0111. The molecule has 37 heavy (non-hydrogen) atoms. The van der Waals surface area contributed by atoms with Crippen molar-refractivity contribution < 1.29 is 33.6 Å². The van der Waals surface area contributed by atoms with Crippen LogP contribution in [-0.2, 0) is 9.59 Å². The number of rotatable bonds is 7. The molecule has 1 amide bonds. The fraction of sp³-hybridized carbons (Fsp3) is 0.231. The van der Waals surface area contributed by atoms with Gasteiger partial charge in [0.15, 0.2) is 23.0 Å². The second-order valence-electron chi connectivity index (χ2n) is 7.96. The number of aliphatic hydroxyl groups excluding tert-OH is 1. The predicted octanol–water partition coefficient (Wildman–Crippen LogP) is 6.02. The number of thiophene rings is 1. The second-order valence-corrected chi connectivity index (χ2v) is 9.70. The third kappa shape index (κ3) is 4.37. The van der Waals surface area contributed by atoms with E-state index < -0.39 is 23.5 Å². The van der Waals surface area contributed by atoms with Gasteiger partial charge in [-0.3, -0.25) is 14.5 Å². The zero-order valence-electron chi connectivity index (χ0n) is 20.5. The zero-order chi connectivity index (χ0) is 27.0. The Bertz CT molecular complexity index is 1430. The maximum absolute atomic E-state index is 13.5. The quantitative estimate of drug-likeness (QED) is 0.213. The Morgan fingerprint density at radius 3 is 2.19 bits per heavy atom. The molecule has 1 aromatic heterocycles. The summed E-state index contributed by atoms with van der Waals surface area (Å²) in [4.78, 5) is 29.0. The predicted molar refractivity (Wildman–Crippen MR) is 143 cm³/mol. The molecule has 4 rings (SSSR count). The first-order valence-corrected chi connectivity index (χ1v) is 12.5. The summed E-state index contributed by atoms with van der Waals surface area (Å²) in [7, 11) is 5.71. The van der Waals surface area contributed by atoms with Crippen LogP contribution < -0.4 is 23.8 Å². The third-order valence-corrected chi connectivity index (χ3v) is 7.73. The van der Waals surface area contributed by atoms with Gasteiger partial charge >= 0.3 is 0 Å². The normalized spacial score (nSPS) is 16.7. The van der Waals surface area contributed by atoms with E-state index in [2.05, 4.69) is 0 Å². The van der Waals surface area contributed by atoms with E-state index in [1.807, 2.05) is 18.4 Å². The van der Waals surface area contributed by atoms with Crippen molar-refractivity contribution >= 4 is 57.7 Å². The molecular formula is C26H23Cl2NO7S. The Morgan fingerprint density at radius 1 is 0.946 bits per heavy atom. The average molecular weight is 564 g/mol. The third-order valence-electron chi connectivity index (χ3n) is 6.03. The van der Waals surface area contributed by atoms with E-state index >= 15 is 0 Å². The maximum atomic E-state index is 13.5. The van der Waals surface area contributed by atoms with Gasteiger partial charge in [0, 0.05) is 16.6 Å². The van der Waals surface area contributed by atoms with Crippen LogP contribution in [0.3, 0.4) is 0 Å². The molecule has 1 aliphatic heterocycles. The number of Topliss-reactive ketones (excluding diaryl/α,β-unsaturated/α-hetero) is 1. The van der Waals surface area contributed by atoms with Crippen LogP contribution in [0.2, 0.25) is 10.0 Å². The lowest BCUT2D eigenvalue weighted by atomic mass is 9.97. The number of ketones is 1. The fourth-order valence-corrected chi connectivity index (χ4v) is 5.99. The number of anilines is 1. The number of hydrogen-bond donors (Lipinski definition) is 1. The standard InChI is InChI=1S/C26H23Cl2NO7S/c1-12-8-9-37-25(12)20-18(21(30)14-11-15(27)24(36-5)19(28)23(14)35-4)22(31)26(32)29(20)13-6-7-16(33-2)17(10-13)34-3/h6-11,20,30H,1-5H3/b21-18+. The minimum atomic E-state index is -0.942. The molecule has 1 fully saturated rings. The Hall–Kier alpha value is -3.40. The van der Waals surface area contributed by atoms with Gasteiger partial charge in [0.05, 0.1) is 44.6 Å². The molecule has 0 radical (unpaired) electrons. The lowest BCUT2D eigenvalue weighted by Crippen LogP contribution is -2.29. The first kappa shape index (κ1) is 26.7. The van der Waals surface area contributed by atoms with Gasteiger partial charge in [0.2, 0.25) is 0 Å². The van der Waals surface area contributed by atoms with Crippen LogP contribution in [0.5, 0.6) is 23.0 Å². The number of halogens is 2. The fourth-order valence-electron chi connectivity index (χ4n) is 4.28. The average Bonchev–Trinajstić information content (AvgIpc) is 3.42. The first-order chi connectivity index (χ1) is 17.7. The molecule has 1 aliphatic rings. The number of benzene rings is 2. The molecule has 11 heteroatoms. The molecule has 0 saturated carbocycles. The molecule has 1 unspecified atom stereocenters. The number of nitrogens with zero attached hydrogens (tertiary/aromatic N) is 1. The largest absolute Gasteiger partial charge is 0.507 e. The summed E-state index contributed by atoms with van der Waals surface area (Å²) in [6.07, 6.45) is 0. The molecule has 3 aromatic rings. The maximum Gasteiger partial charge on any atom is 0.300 e. The van der Waals surface area contributed by atoms with Crippen molar-refractivity contribution in [2.24, 2.45) is 0 Å². The van der Waals surface area contributed by atoms with Gasteiger partial charge in [-0.25, -0.2) is 0 Å². The Kier molecular flexibility index (Phi) is 7.59. The lowest BCUT2D eigenvalue weighted by molar-refractivity contribution is -0.132. The van der Waals surface area contributed by atoms with Gasteiger partial charge in [-0.1, -0.05) is 23.2 Å². The number of amides is 1. The van der Waals surface area contributed by atoms with Crippen molar-refractivity contribution in [3.63, 3.8) is 0 Å². The van der Waals surface area contributed by atoms with Crippen molar-refractivity contribution in [1.29, 1.82) is 0 Å². The highest BCUT2D eigenvalue weighted by Gasteiger charge is 2.48. The molecule has 2 heterocycles. The Labute approximate surface area is 227 Å². The monoisotopic (exact) mass is 563 g/mol. The Morgan fingerprint density at radius 2 is 1.62 bits per heavy atom. The van der Waals surface area contributed by atoms with Crippen LogP contribution in [0, 0.1) is 6.92 Å². The minimum Gasteiger partial charge on any atom is -0.507 e. The van der Waals surface area contributed by atoms with Crippen molar-refractivity contribution in [1.82, 2.24) is 0 Å². The van der Waals surface area contributed by atoms with Crippen LogP contribution in [-0.4, -0.2) is 45.2 Å². The van der Waals surface area contributed by atoms with E-state index in [0.29, 0.717) is 22.1 Å². The number of hydrogen-bond acceptors (Lipinski definition) is 8. The van der Waals surface area contributed by atoms with Crippen molar-refractivity contribution in [2.75, 3.05) is 33.3 Å². The van der Waals surface area contributed by atoms with Gasteiger partial charge in [-0.05, 0) is 42.1 Å². The summed E-state index contributed by atoms with van der Waals surface area (Å²) >= 11 is 14.1. The molecule has 2 aromatic carbocycles. The van der Waals surface area contributed by atoms with Crippen LogP contribution in [0.4, 0.5) is 5.69 Å². The molecule has 0 spiro atoms. The summed E-state index contributed by atoms with van der Waals surface area (Å²) < 4.78 is 21.4. The highest BCUT2D eigenvalue weighted by molar-refractivity contribution is 7.10. The number of aliphatic hydroxyl groups is 1. The SMILES string of the molecule is COc1ccc(N2C(=O)C(=O)/C(=C(/O)c3cc(Cl)c(OC)c(Cl)c3OC)C2c2sccc2C)cc1OC. The van der Waals surface area contributed by atoms with E-state index in [1.54, 1.807) is 18.2 Å². The smallest absolute Gasteiger partial charge is 0.300 e. The molecule has 1 N–H and O–H groups in total. The van der Waals surface area contributed by atoms with Crippen LogP contribution >= 0.6 is 34.5 Å². The van der Waals surface area contributed by atoms with E-state index in [4.69, 9.17) is 42.1 Å². The van der Waals surface area contributed by atoms with E-state index in [-0.39, 0.29) is 32.7 Å². The topological polar surface area (TPSA) is 94.5 Å². The van der Waals surface area contributed by atoms with Crippen LogP contribution in [0.1, 0.15) is 22.0 Å². The summed E-state index contributed by atoms with van der Waals surface area (Å²) in [6, 6.07) is 7.19. The van der Waals surface area contributed by atoms with E-state index in [9.17, 15) is 14.7 Å².